The fraction of sp³-hybridized carbons (Fsp3) is 1.00. The van der Waals surface area contributed by atoms with E-state index in [4.69, 9.17) is 0 Å². The van der Waals surface area contributed by atoms with Crippen molar-refractivity contribution >= 4 is 11.8 Å². The summed E-state index contributed by atoms with van der Waals surface area (Å²) >= 11 is 1.97. The largest absolute Gasteiger partial charge is 0.389 e. The third kappa shape index (κ3) is 3.51. The topological polar surface area (TPSA) is 20.2 Å². The fourth-order valence-corrected chi connectivity index (χ4v) is 3.08. The Balaban J connectivity index is 2.24. The van der Waals surface area contributed by atoms with Gasteiger partial charge in [-0.3, -0.25) is 0 Å². The van der Waals surface area contributed by atoms with Crippen LogP contribution in [0.5, 0.6) is 0 Å². The van der Waals surface area contributed by atoms with Crippen molar-refractivity contribution in [1.82, 2.24) is 0 Å². The molecule has 1 aliphatic carbocycles. The molecule has 1 N–H and O–H groups in total. The maximum atomic E-state index is 10.0. The molecule has 0 bridgehead atoms. The molecule has 1 nitrogen and oxygen atoms in total. The van der Waals surface area contributed by atoms with Crippen molar-refractivity contribution in [3.05, 3.63) is 0 Å². The Morgan fingerprint density at radius 3 is 2.38 bits per heavy atom. The molecule has 0 aromatic carbocycles. The highest BCUT2D eigenvalue weighted by molar-refractivity contribution is 7.99. The van der Waals surface area contributed by atoms with E-state index in [-0.39, 0.29) is 0 Å². The van der Waals surface area contributed by atoms with Gasteiger partial charge < -0.3 is 5.11 Å². The van der Waals surface area contributed by atoms with Crippen LogP contribution < -0.4 is 0 Å². The Bertz CT molecular complexity index is 148. The molecule has 1 atom stereocenters. The molecule has 0 amide bonds. The number of rotatable bonds is 4. The number of hydrogen-bond donors (Lipinski definition) is 1. The van der Waals surface area contributed by atoms with Crippen LogP contribution in [-0.4, -0.2) is 21.7 Å². The molecule has 0 heterocycles. The van der Waals surface area contributed by atoms with Crippen molar-refractivity contribution in [2.75, 3.05) is 5.75 Å². The highest BCUT2D eigenvalue weighted by Gasteiger charge is 2.27. The van der Waals surface area contributed by atoms with Crippen LogP contribution in [0, 0.1) is 5.92 Å². The van der Waals surface area contributed by atoms with Gasteiger partial charge in [-0.2, -0.15) is 11.8 Å². The summed E-state index contributed by atoms with van der Waals surface area (Å²) in [5.74, 6) is 1.26. The first-order valence-electron chi connectivity index (χ1n) is 5.36. The average molecular weight is 202 g/mol. The third-order valence-corrected chi connectivity index (χ3v) is 4.85. The van der Waals surface area contributed by atoms with Gasteiger partial charge in [-0.1, -0.05) is 26.7 Å². The van der Waals surface area contributed by atoms with E-state index in [1.165, 1.54) is 25.7 Å². The average Bonchev–Trinajstić information content (AvgIpc) is 2.52. The molecule has 1 saturated carbocycles. The Morgan fingerprint density at radius 1 is 1.38 bits per heavy atom. The molecule has 0 spiro atoms. The molecule has 0 aromatic rings. The number of hydrogen-bond acceptors (Lipinski definition) is 2. The second kappa shape index (κ2) is 4.70. The van der Waals surface area contributed by atoms with E-state index < -0.39 is 5.60 Å². The van der Waals surface area contributed by atoms with Gasteiger partial charge in [-0.15, -0.1) is 0 Å². The first kappa shape index (κ1) is 11.4. The van der Waals surface area contributed by atoms with Crippen LogP contribution in [0.3, 0.4) is 0 Å². The lowest BCUT2D eigenvalue weighted by Gasteiger charge is -2.28. The maximum absolute atomic E-state index is 10.0. The molecule has 1 unspecified atom stereocenters. The zero-order chi connectivity index (χ0) is 9.90. The monoisotopic (exact) mass is 202 g/mol. The molecule has 1 aliphatic rings. The minimum absolute atomic E-state index is 0.362. The van der Waals surface area contributed by atoms with E-state index in [9.17, 15) is 5.11 Å². The normalized spacial score (nSPS) is 23.8. The summed E-state index contributed by atoms with van der Waals surface area (Å²) in [5, 5.41) is 10.9. The minimum atomic E-state index is -0.479. The van der Waals surface area contributed by atoms with Crippen LogP contribution in [0.2, 0.25) is 0 Å². The van der Waals surface area contributed by atoms with Gasteiger partial charge in [-0.05, 0) is 25.7 Å². The van der Waals surface area contributed by atoms with Crippen molar-refractivity contribution in [3.8, 4) is 0 Å². The van der Waals surface area contributed by atoms with Crippen LogP contribution in [0.15, 0.2) is 0 Å². The van der Waals surface area contributed by atoms with Crippen LogP contribution in [0.25, 0.3) is 0 Å². The fourth-order valence-electron chi connectivity index (χ4n) is 1.51. The van der Waals surface area contributed by atoms with E-state index >= 15 is 0 Å². The Morgan fingerprint density at radius 2 is 1.92 bits per heavy atom. The summed E-state index contributed by atoms with van der Waals surface area (Å²) in [6.07, 6.45) is 5.50. The molecule has 1 fully saturated rings. The minimum Gasteiger partial charge on any atom is -0.389 e. The van der Waals surface area contributed by atoms with Crippen molar-refractivity contribution in [2.45, 2.75) is 57.3 Å². The Kier molecular flexibility index (Phi) is 4.11. The summed E-state index contributed by atoms with van der Waals surface area (Å²) < 4.78 is 0. The zero-order valence-electron chi connectivity index (χ0n) is 9.05. The van der Waals surface area contributed by atoms with Crippen molar-refractivity contribution in [2.24, 2.45) is 5.92 Å². The van der Waals surface area contributed by atoms with Crippen molar-refractivity contribution in [1.29, 1.82) is 0 Å². The van der Waals surface area contributed by atoms with Gasteiger partial charge in [-0.25, -0.2) is 0 Å². The molecule has 78 valence electrons. The summed E-state index contributed by atoms with van der Waals surface area (Å²) in [6.45, 7) is 6.14. The van der Waals surface area contributed by atoms with Crippen LogP contribution in [0.4, 0.5) is 0 Å². The molecular formula is C11H22OS. The third-order valence-electron chi connectivity index (χ3n) is 3.16. The zero-order valence-corrected chi connectivity index (χ0v) is 9.86. The van der Waals surface area contributed by atoms with E-state index in [0.717, 1.165) is 11.0 Å². The molecule has 2 heteroatoms. The predicted molar refractivity (Wildman–Crippen MR) is 60.2 cm³/mol. The molecule has 0 radical (unpaired) electrons. The van der Waals surface area contributed by atoms with Crippen molar-refractivity contribution in [3.63, 3.8) is 0 Å². The maximum Gasteiger partial charge on any atom is 0.0732 e. The van der Waals surface area contributed by atoms with Gasteiger partial charge in [0.1, 0.15) is 0 Å². The van der Waals surface area contributed by atoms with Gasteiger partial charge in [0.05, 0.1) is 5.60 Å². The van der Waals surface area contributed by atoms with E-state index in [0.29, 0.717) is 5.92 Å². The summed E-state index contributed by atoms with van der Waals surface area (Å²) in [5.41, 5.74) is -0.479. The standard InChI is InChI=1S/C11H22OS/c1-9(2)11(3,12)8-13-10-6-4-5-7-10/h9-10,12H,4-8H2,1-3H3. The molecule has 0 aliphatic heterocycles. The van der Waals surface area contributed by atoms with Gasteiger partial charge in [0.25, 0.3) is 0 Å². The van der Waals surface area contributed by atoms with Crippen LogP contribution in [-0.2, 0) is 0 Å². The highest BCUT2D eigenvalue weighted by atomic mass is 32.2. The van der Waals surface area contributed by atoms with Gasteiger partial charge in [0.15, 0.2) is 0 Å². The molecule has 13 heavy (non-hydrogen) atoms. The lowest BCUT2D eigenvalue weighted by atomic mass is 9.95. The summed E-state index contributed by atoms with van der Waals surface area (Å²) in [6, 6.07) is 0. The predicted octanol–water partition coefficient (Wildman–Crippen LogP) is 3.07. The van der Waals surface area contributed by atoms with E-state index in [1.54, 1.807) is 0 Å². The Labute approximate surface area is 86.3 Å². The lowest BCUT2D eigenvalue weighted by Crippen LogP contribution is -2.34. The van der Waals surface area contributed by atoms with E-state index in [2.05, 4.69) is 13.8 Å². The van der Waals surface area contributed by atoms with Crippen LogP contribution >= 0.6 is 11.8 Å². The number of thioether (sulfide) groups is 1. The first-order valence-corrected chi connectivity index (χ1v) is 6.41. The van der Waals surface area contributed by atoms with Gasteiger partial charge >= 0.3 is 0 Å². The number of aliphatic hydroxyl groups is 1. The first-order chi connectivity index (χ1) is 6.02. The van der Waals surface area contributed by atoms with Gasteiger partial charge in [0, 0.05) is 11.0 Å². The Hall–Kier alpha value is 0.310. The van der Waals surface area contributed by atoms with Crippen LogP contribution in [0.1, 0.15) is 46.5 Å². The van der Waals surface area contributed by atoms with Crippen molar-refractivity contribution < 1.29 is 5.11 Å². The summed E-state index contributed by atoms with van der Waals surface area (Å²) in [7, 11) is 0. The van der Waals surface area contributed by atoms with E-state index in [1.807, 2.05) is 18.7 Å². The van der Waals surface area contributed by atoms with Gasteiger partial charge in [0.2, 0.25) is 0 Å². The molecule has 1 rings (SSSR count). The second-order valence-corrected chi connectivity index (χ2v) is 6.02. The molecule has 0 saturated heterocycles. The SMILES string of the molecule is CC(C)C(C)(O)CSC1CCCC1. The lowest BCUT2D eigenvalue weighted by molar-refractivity contribution is 0.0375. The quantitative estimate of drug-likeness (QED) is 0.756. The molecular weight excluding hydrogens is 180 g/mol. The second-order valence-electron chi connectivity index (χ2n) is 4.73. The highest BCUT2D eigenvalue weighted by Crippen LogP contribution is 2.32. The molecule has 0 aromatic heterocycles. The smallest absolute Gasteiger partial charge is 0.0732 e. The summed E-state index contributed by atoms with van der Waals surface area (Å²) in [4.78, 5) is 0.